The number of carbonyl (C=O) groups excluding carboxylic acids is 1. The van der Waals surface area contributed by atoms with Gasteiger partial charge in [-0.05, 0) is 6.42 Å². The first-order chi connectivity index (χ1) is 9.89. The Bertz CT molecular complexity index is 703. The molecule has 1 aromatic heterocycles. The van der Waals surface area contributed by atoms with Crippen LogP contribution in [0.5, 0.6) is 0 Å². The SMILES string of the molecule is CNC(=O)c1sc(N2CCCS(=O)(=O)CC2)c(C#N)c1N. The molecule has 2 rings (SSSR count). The van der Waals surface area contributed by atoms with Crippen molar-refractivity contribution in [2.75, 3.05) is 42.3 Å². The Labute approximate surface area is 127 Å². The van der Waals surface area contributed by atoms with E-state index in [4.69, 9.17) is 5.73 Å². The summed E-state index contributed by atoms with van der Waals surface area (Å²) in [5.41, 5.74) is 6.28. The molecular weight excluding hydrogens is 312 g/mol. The van der Waals surface area contributed by atoms with Gasteiger partial charge in [0.15, 0.2) is 9.84 Å². The van der Waals surface area contributed by atoms with Crippen molar-refractivity contribution >= 4 is 37.8 Å². The highest BCUT2D eigenvalue weighted by molar-refractivity contribution is 7.91. The normalized spacial score (nSPS) is 17.8. The van der Waals surface area contributed by atoms with Crippen molar-refractivity contribution in [3.05, 3.63) is 10.4 Å². The zero-order valence-electron chi connectivity index (χ0n) is 11.5. The van der Waals surface area contributed by atoms with E-state index in [2.05, 4.69) is 5.32 Å². The third kappa shape index (κ3) is 3.11. The van der Waals surface area contributed by atoms with Gasteiger partial charge < -0.3 is 16.0 Å². The fourth-order valence-corrected chi connectivity index (χ4v) is 4.63. The zero-order chi connectivity index (χ0) is 15.6. The molecule has 0 saturated carbocycles. The van der Waals surface area contributed by atoms with E-state index >= 15 is 0 Å². The van der Waals surface area contributed by atoms with E-state index in [1.807, 2.05) is 11.0 Å². The largest absolute Gasteiger partial charge is 0.396 e. The van der Waals surface area contributed by atoms with Crippen LogP contribution in [-0.4, -0.2) is 46.0 Å². The Morgan fingerprint density at radius 1 is 1.43 bits per heavy atom. The highest BCUT2D eigenvalue weighted by Crippen LogP contribution is 2.38. The highest BCUT2D eigenvalue weighted by atomic mass is 32.2. The van der Waals surface area contributed by atoms with Gasteiger partial charge in [-0.1, -0.05) is 0 Å². The molecule has 0 spiro atoms. The van der Waals surface area contributed by atoms with Crippen LogP contribution in [0.15, 0.2) is 0 Å². The van der Waals surface area contributed by atoms with Gasteiger partial charge in [0, 0.05) is 20.1 Å². The maximum absolute atomic E-state index is 11.8. The first-order valence-electron chi connectivity index (χ1n) is 6.39. The predicted molar refractivity (Wildman–Crippen MR) is 82.3 cm³/mol. The summed E-state index contributed by atoms with van der Waals surface area (Å²) in [6.07, 6.45) is 0.500. The number of rotatable bonds is 2. The average molecular weight is 328 g/mol. The lowest BCUT2D eigenvalue weighted by Gasteiger charge is -2.20. The summed E-state index contributed by atoms with van der Waals surface area (Å²) < 4.78 is 23.3. The zero-order valence-corrected chi connectivity index (χ0v) is 13.2. The molecule has 1 aliphatic heterocycles. The summed E-state index contributed by atoms with van der Waals surface area (Å²) in [6, 6.07) is 2.02. The molecule has 0 radical (unpaired) electrons. The molecule has 7 nitrogen and oxygen atoms in total. The number of nitrogens with one attached hydrogen (secondary N) is 1. The number of thiophene rings is 1. The fourth-order valence-electron chi connectivity index (χ4n) is 2.19. The van der Waals surface area contributed by atoms with Crippen LogP contribution in [0.2, 0.25) is 0 Å². The van der Waals surface area contributed by atoms with E-state index in [0.29, 0.717) is 24.5 Å². The second-order valence-electron chi connectivity index (χ2n) is 4.71. The molecule has 3 N–H and O–H groups in total. The Morgan fingerprint density at radius 2 is 2.14 bits per heavy atom. The lowest BCUT2D eigenvalue weighted by atomic mass is 10.2. The van der Waals surface area contributed by atoms with Gasteiger partial charge in [-0.25, -0.2) is 8.42 Å². The van der Waals surface area contributed by atoms with Gasteiger partial charge in [0.1, 0.15) is 21.5 Å². The molecule has 114 valence electrons. The van der Waals surface area contributed by atoms with E-state index in [0.717, 1.165) is 11.3 Å². The summed E-state index contributed by atoms with van der Waals surface area (Å²) in [7, 11) is -1.54. The van der Waals surface area contributed by atoms with Crippen LogP contribution in [0, 0.1) is 11.3 Å². The maximum atomic E-state index is 11.8. The Kier molecular flexibility index (Phi) is 4.39. The van der Waals surface area contributed by atoms with Crippen molar-refractivity contribution in [1.29, 1.82) is 5.26 Å². The second-order valence-corrected chi connectivity index (χ2v) is 8.01. The molecule has 0 aliphatic carbocycles. The number of nitrogen functional groups attached to an aromatic ring is 1. The number of nitriles is 1. The third-order valence-corrected chi connectivity index (χ3v) is 6.29. The molecule has 1 amide bonds. The van der Waals surface area contributed by atoms with E-state index in [9.17, 15) is 18.5 Å². The standard InChI is InChI=1S/C12H16N4O3S2/c1-15-11(17)10-9(14)8(7-13)12(20-10)16-3-2-5-21(18,19)6-4-16/h2-6,14H2,1H3,(H,15,17). The van der Waals surface area contributed by atoms with Crippen molar-refractivity contribution in [3.63, 3.8) is 0 Å². The number of anilines is 2. The van der Waals surface area contributed by atoms with E-state index < -0.39 is 9.84 Å². The predicted octanol–water partition coefficient (Wildman–Crippen LogP) is 0.186. The minimum atomic E-state index is -3.03. The van der Waals surface area contributed by atoms with Crippen molar-refractivity contribution in [3.8, 4) is 6.07 Å². The summed E-state index contributed by atoms with van der Waals surface area (Å²) in [5, 5.41) is 12.3. The van der Waals surface area contributed by atoms with Crippen LogP contribution in [0.25, 0.3) is 0 Å². The quantitative estimate of drug-likeness (QED) is 0.800. The first kappa shape index (κ1) is 15.6. The maximum Gasteiger partial charge on any atom is 0.263 e. The fraction of sp³-hybridized carbons (Fsp3) is 0.500. The number of hydrogen-bond donors (Lipinski definition) is 2. The van der Waals surface area contributed by atoms with Gasteiger partial charge in [-0.2, -0.15) is 5.26 Å². The van der Waals surface area contributed by atoms with Gasteiger partial charge in [0.05, 0.1) is 17.2 Å². The number of nitrogens with zero attached hydrogens (tertiary/aromatic N) is 2. The number of nitrogens with two attached hydrogens (primary N) is 1. The van der Waals surface area contributed by atoms with Gasteiger partial charge in [0.2, 0.25) is 0 Å². The van der Waals surface area contributed by atoms with Crippen molar-refractivity contribution < 1.29 is 13.2 Å². The van der Waals surface area contributed by atoms with Crippen LogP contribution >= 0.6 is 11.3 Å². The third-order valence-electron chi connectivity index (χ3n) is 3.31. The Balaban J connectivity index is 2.40. The van der Waals surface area contributed by atoms with Crippen LogP contribution in [0.3, 0.4) is 0 Å². The number of carbonyl (C=O) groups is 1. The number of sulfone groups is 1. The molecule has 0 atom stereocenters. The van der Waals surface area contributed by atoms with Crippen LogP contribution in [-0.2, 0) is 9.84 Å². The van der Waals surface area contributed by atoms with Crippen molar-refractivity contribution in [2.24, 2.45) is 0 Å². The summed E-state index contributed by atoms with van der Waals surface area (Å²) in [4.78, 5) is 13.9. The lowest BCUT2D eigenvalue weighted by molar-refractivity contribution is 0.0968. The highest BCUT2D eigenvalue weighted by Gasteiger charge is 2.26. The lowest BCUT2D eigenvalue weighted by Crippen LogP contribution is -2.26. The van der Waals surface area contributed by atoms with E-state index in [1.165, 1.54) is 7.05 Å². The summed E-state index contributed by atoms with van der Waals surface area (Å²) >= 11 is 1.13. The molecule has 0 bridgehead atoms. The molecule has 0 unspecified atom stereocenters. The minimum absolute atomic E-state index is 0.0466. The molecule has 1 aromatic rings. The summed E-state index contributed by atoms with van der Waals surface area (Å²) in [5.74, 6) is -0.151. The molecule has 1 saturated heterocycles. The number of hydrogen-bond acceptors (Lipinski definition) is 7. The smallest absolute Gasteiger partial charge is 0.263 e. The molecule has 2 heterocycles. The van der Waals surface area contributed by atoms with Crippen LogP contribution in [0.1, 0.15) is 21.7 Å². The topological polar surface area (TPSA) is 116 Å². The van der Waals surface area contributed by atoms with E-state index in [1.54, 1.807) is 0 Å². The molecule has 0 aromatic carbocycles. The van der Waals surface area contributed by atoms with Crippen molar-refractivity contribution in [1.82, 2.24) is 5.32 Å². The molecular formula is C12H16N4O3S2. The molecule has 1 aliphatic rings. The van der Waals surface area contributed by atoms with Crippen LogP contribution < -0.4 is 16.0 Å². The van der Waals surface area contributed by atoms with E-state index in [-0.39, 0.29) is 33.5 Å². The molecule has 21 heavy (non-hydrogen) atoms. The molecule has 1 fully saturated rings. The Hall–Kier alpha value is -1.79. The summed E-state index contributed by atoms with van der Waals surface area (Å²) in [6.45, 7) is 0.838. The van der Waals surface area contributed by atoms with Gasteiger partial charge >= 0.3 is 0 Å². The van der Waals surface area contributed by atoms with Crippen molar-refractivity contribution in [2.45, 2.75) is 6.42 Å². The van der Waals surface area contributed by atoms with Gasteiger partial charge in [-0.15, -0.1) is 11.3 Å². The Morgan fingerprint density at radius 3 is 2.76 bits per heavy atom. The monoisotopic (exact) mass is 328 g/mol. The second kappa shape index (κ2) is 5.91. The van der Waals surface area contributed by atoms with Gasteiger partial charge in [-0.3, -0.25) is 4.79 Å². The molecule has 9 heteroatoms. The minimum Gasteiger partial charge on any atom is -0.396 e. The van der Waals surface area contributed by atoms with Crippen LogP contribution in [0.4, 0.5) is 10.7 Å². The first-order valence-corrected chi connectivity index (χ1v) is 9.03. The van der Waals surface area contributed by atoms with Gasteiger partial charge in [0.25, 0.3) is 5.91 Å². The average Bonchev–Trinajstić information content (AvgIpc) is 2.66. The number of amides is 1.